The molecule has 1 aromatic rings. The van der Waals surface area contributed by atoms with Crippen molar-refractivity contribution in [3.63, 3.8) is 0 Å². The lowest BCUT2D eigenvalue weighted by Crippen LogP contribution is -2.26. The second-order valence-corrected chi connectivity index (χ2v) is 3.02. The van der Waals surface area contributed by atoms with Crippen molar-refractivity contribution in [3.05, 3.63) is 29.8 Å². The number of hydrogen-bond donors (Lipinski definition) is 2. The lowest BCUT2D eigenvalue weighted by atomic mass is 10.1. The normalized spacial score (nSPS) is 11.9. The highest BCUT2D eigenvalue weighted by atomic mass is 16.5. The molecule has 3 N–H and O–H groups in total. The number of benzene rings is 1. The van der Waals surface area contributed by atoms with Crippen LogP contribution >= 0.6 is 0 Å². The van der Waals surface area contributed by atoms with Crippen LogP contribution in [0.25, 0.3) is 0 Å². The Morgan fingerprint density at radius 3 is 2.50 bits per heavy atom. The average molecular weight is 194 g/mol. The SMILES string of the molecule is COC(=O)NC(C)c1ccc(N)cc1. The monoisotopic (exact) mass is 194 g/mol. The summed E-state index contributed by atoms with van der Waals surface area (Å²) in [5.74, 6) is 0. The summed E-state index contributed by atoms with van der Waals surface area (Å²) in [5.41, 5.74) is 7.24. The van der Waals surface area contributed by atoms with Crippen LogP contribution in [-0.4, -0.2) is 13.2 Å². The summed E-state index contributed by atoms with van der Waals surface area (Å²) < 4.78 is 4.49. The standard InChI is InChI=1S/C10H14N2O2/c1-7(12-10(13)14-2)8-3-5-9(11)6-4-8/h3-7H,11H2,1-2H3,(H,12,13). The smallest absolute Gasteiger partial charge is 0.407 e. The molecule has 0 aliphatic carbocycles. The number of hydrogen-bond acceptors (Lipinski definition) is 3. The quantitative estimate of drug-likeness (QED) is 0.704. The van der Waals surface area contributed by atoms with Crippen LogP contribution in [0.15, 0.2) is 24.3 Å². The minimum Gasteiger partial charge on any atom is -0.453 e. The van der Waals surface area contributed by atoms with E-state index in [0.717, 1.165) is 5.56 Å². The third-order valence-electron chi connectivity index (χ3n) is 1.96. The van der Waals surface area contributed by atoms with E-state index in [1.807, 2.05) is 19.1 Å². The molecule has 0 spiro atoms. The minimum atomic E-state index is -0.436. The summed E-state index contributed by atoms with van der Waals surface area (Å²) in [7, 11) is 1.34. The van der Waals surface area contributed by atoms with Gasteiger partial charge in [-0.15, -0.1) is 0 Å². The Morgan fingerprint density at radius 1 is 1.43 bits per heavy atom. The Bertz CT molecular complexity index is 308. The van der Waals surface area contributed by atoms with E-state index < -0.39 is 6.09 Å². The summed E-state index contributed by atoms with van der Waals surface area (Å²) in [6, 6.07) is 7.25. The predicted molar refractivity (Wildman–Crippen MR) is 54.8 cm³/mol. The molecule has 0 fully saturated rings. The highest BCUT2D eigenvalue weighted by Gasteiger charge is 2.08. The second-order valence-electron chi connectivity index (χ2n) is 3.02. The zero-order chi connectivity index (χ0) is 10.6. The molecule has 1 rings (SSSR count). The van der Waals surface area contributed by atoms with Crippen molar-refractivity contribution in [1.29, 1.82) is 0 Å². The van der Waals surface area contributed by atoms with E-state index in [9.17, 15) is 4.79 Å². The van der Waals surface area contributed by atoms with Gasteiger partial charge in [0.1, 0.15) is 0 Å². The maximum absolute atomic E-state index is 10.9. The van der Waals surface area contributed by atoms with Gasteiger partial charge in [-0.05, 0) is 24.6 Å². The molecule has 0 saturated carbocycles. The van der Waals surface area contributed by atoms with E-state index in [1.165, 1.54) is 7.11 Å². The van der Waals surface area contributed by atoms with Gasteiger partial charge in [-0.1, -0.05) is 12.1 Å². The summed E-state index contributed by atoms with van der Waals surface area (Å²) in [6.07, 6.45) is -0.436. The highest BCUT2D eigenvalue weighted by Crippen LogP contribution is 2.13. The van der Waals surface area contributed by atoms with Crippen LogP contribution in [0.3, 0.4) is 0 Å². The van der Waals surface area contributed by atoms with Crippen LogP contribution in [0, 0.1) is 0 Å². The maximum Gasteiger partial charge on any atom is 0.407 e. The van der Waals surface area contributed by atoms with Gasteiger partial charge in [0.15, 0.2) is 0 Å². The van der Waals surface area contributed by atoms with Crippen LogP contribution in [0.1, 0.15) is 18.5 Å². The van der Waals surface area contributed by atoms with Crippen LogP contribution < -0.4 is 11.1 Å². The number of methoxy groups -OCH3 is 1. The van der Waals surface area contributed by atoms with Gasteiger partial charge in [-0.2, -0.15) is 0 Å². The molecule has 0 aliphatic rings. The van der Waals surface area contributed by atoms with Crippen molar-refractivity contribution in [3.8, 4) is 0 Å². The summed E-state index contributed by atoms with van der Waals surface area (Å²) in [5, 5.41) is 2.66. The molecular weight excluding hydrogens is 180 g/mol. The molecule has 1 atom stereocenters. The van der Waals surface area contributed by atoms with Crippen LogP contribution in [0.2, 0.25) is 0 Å². The van der Waals surface area contributed by atoms with E-state index in [0.29, 0.717) is 5.69 Å². The van der Waals surface area contributed by atoms with Crippen LogP contribution in [0.4, 0.5) is 10.5 Å². The molecule has 1 aromatic carbocycles. The van der Waals surface area contributed by atoms with E-state index in [1.54, 1.807) is 12.1 Å². The zero-order valence-electron chi connectivity index (χ0n) is 8.28. The molecule has 0 heterocycles. The van der Waals surface area contributed by atoms with Gasteiger partial charge in [-0.3, -0.25) is 0 Å². The first kappa shape index (κ1) is 10.4. The number of carbonyl (C=O) groups is 1. The Hall–Kier alpha value is -1.71. The summed E-state index contributed by atoms with van der Waals surface area (Å²) >= 11 is 0. The highest BCUT2D eigenvalue weighted by molar-refractivity contribution is 5.67. The fraction of sp³-hybridized carbons (Fsp3) is 0.300. The van der Waals surface area contributed by atoms with Crippen molar-refractivity contribution in [2.75, 3.05) is 12.8 Å². The number of anilines is 1. The van der Waals surface area contributed by atoms with Gasteiger partial charge in [0.2, 0.25) is 0 Å². The fourth-order valence-electron chi connectivity index (χ4n) is 1.10. The van der Waals surface area contributed by atoms with Crippen LogP contribution in [-0.2, 0) is 4.74 Å². The maximum atomic E-state index is 10.9. The minimum absolute atomic E-state index is 0.0805. The Balaban J connectivity index is 2.65. The third kappa shape index (κ3) is 2.65. The van der Waals surface area contributed by atoms with Crippen LogP contribution in [0.5, 0.6) is 0 Å². The molecule has 0 aromatic heterocycles. The average Bonchev–Trinajstić information content (AvgIpc) is 2.18. The topological polar surface area (TPSA) is 64.3 Å². The molecule has 76 valence electrons. The van der Waals surface area contributed by atoms with Gasteiger partial charge in [0.25, 0.3) is 0 Å². The molecular formula is C10H14N2O2. The second kappa shape index (κ2) is 4.50. The largest absolute Gasteiger partial charge is 0.453 e. The Morgan fingerprint density at radius 2 is 2.00 bits per heavy atom. The van der Waals surface area contributed by atoms with Gasteiger partial charge in [0, 0.05) is 5.69 Å². The summed E-state index contributed by atoms with van der Waals surface area (Å²) in [4.78, 5) is 10.9. The van der Waals surface area contributed by atoms with Gasteiger partial charge < -0.3 is 15.8 Å². The number of nitrogens with two attached hydrogens (primary N) is 1. The Kier molecular flexibility index (Phi) is 3.34. The van der Waals surface area contributed by atoms with Crippen molar-refractivity contribution in [2.45, 2.75) is 13.0 Å². The first-order valence-corrected chi connectivity index (χ1v) is 4.33. The van der Waals surface area contributed by atoms with Crippen molar-refractivity contribution >= 4 is 11.8 Å². The first-order chi connectivity index (χ1) is 6.63. The van der Waals surface area contributed by atoms with Gasteiger partial charge >= 0.3 is 6.09 Å². The number of alkyl carbamates (subject to hydrolysis) is 1. The lowest BCUT2D eigenvalue weighted by Gasteiger charge is -2.13. The molecule has 0 radical (unpaired) electrons. The first-order valence-electron chi connectivity index (χ1n) is 4.33. The lowest BCUT2D eigenvalue weighted by molar-refractivity contribution is 0.167. The number of ether oxygens (including phenoxy) is 1. The Labute approximate surface area is 83.1 Å². The fourth-order valence-corrected chi connectivity index (χ4v) is 1.10. The van der Waals surface area contributed by atoms with Crippen molar-refractivity contribution in [1.82, 2.24) is 5.32 Å². The number of rotatable bonds is 2. The van der Waals surface area contributed by atoms with E-state index >= 15 is 0 Å². The number of nitrogens with one attached hydrogen (secondary N) is 1. The summed E-state index contributed by atoms with van der Waals surface area (Å²) in [6.45, 7) is 1.88. The third-order valence-corrected chi connectivity index (χ3v) is 1.96. The van der Waals surface area contributed by atoms with E-state index in [4.69, 9.17) is 5.73 Å². The molecule has 1 unspecified atom stereocenters. The molecule has 4 nitrogen and oxygen atoms in total. The van der Waals surface area contributed by atoms with Gasteiger partial charge in [0.05, 0.1) is 13.2 Å². The van der Waals surface area contributed by atoms with Crippen molar-refractivity contribution < 1.29 is 9.53 Å². The number of amides is 1. The molecule has 0 aliphatic heterocycles. The molecule has 0 saturated heterocycles. The van der Waals surface area contributed by atoms with E-state index in [-0.39, 0.29) is 6.04 Å². The molecule has 4 heteroatoms. The van der Waals surface area contributed by atoms with E-state index in [2.05, 4.69) is 10.1 Å². The molecule has 14 heavy (non-hydrogen) atoms. The van der Waals surface area contributed by atoms with Crippen molar-refractivity contribution in [2.24, 2.45) is 0 Å². The zero-order valence-corrected chi connectivity index (χ0v) is 8.28. The number of carbonyl (C=O) groups excluding carboxylic acids is 1. The van der Waals surface area contributed by atoms with Gasteiger partial charge in [-0.25, -0.2) is 4.79 Å². The molecule has 0 bridgehead atoms. The predicted octanol–water partition coefficient (Wildman–Crippen LogP) is 1.69. The molecule has 1 amide bonds. The number of nitrogen functional groups attached to an aromatic ring is 1.